The second kappa shape index (κ2) is 9.83. The minimum absolute atomic E-state index is 0.129. The summed E-state index contributed by atoms with van der Waals surface area (Å²) >= 11 is 13.9. The molecule has 8 heteroatoms. The van der Waals surface area contributed by atoms with E-state index in [4.69, 9.17) is 27.9 Å². The van der Waals surface area contributed by atoms with Gasteiger partial charge < -0.3 is 15.0 Å². The summed E-state index contributed by atoms with van der Waals surface area (Å²) in [6, 6.07) is 1.62. The van der Waals surface area contributed by atoms with Crippen LogP contribution in [-0.4, -0.2) is 49.9 Å². The Morgan fingerprint density at radius 1 is 1.35 bits per heavy atom. The van der Waals surface area contributed by atoms with Crippen LogP contribution in [0.5, 0.6) is 0 Å². The molecule has 0 aliphatic carbocycles. The number of amides is 1. The molecule has 1 aliphatic heterocycles. The number of nitrogens with one attached hydrogen (secondary N) is 1. The third-order valence-corrected chi connectivity index (χ3v) is 6.09. The number of nitrogens with zero attached hydrogens (tertiary/aromatic N) is 1. The second-order valence-electron chi connectivity index (χ2n) is 6.35. The SMILES string of the molecule is CCCCOC(=O)C1CNCCc2c(SC(=O)N(C)C)c(Cl)cc(Cl)c21. The molecule has 26 heavy (non-hydrogen) atoms. The molecule has 1 aromatic rings. The van der Waals surface area contributed by atoms with Crippen LogP contribution < -0.4 is 5.32 Å². The van der Waals surface area contributed by atoms with Crippen molar-refractivity contribution in [1.82, 2.24) is 10.2 Å². The number of unbranched alkanes of at least 4 members (excludes halogenated alkanes) is 1. The predicted octanol–water partition coefficient (Wildman–Crippen LogP) is 4.34. The van der Waals surface area contributed by atoms with E-state index in [0.717, 1.165) is 35.7 Å². The van der Waals surface area contributed by atoms with E-state index in [0.29, 0.717) is 41.1 Å². The summed E-state index contributed by atoms with van der Waals surface area (Å²) < 4.78 is 5.43. The lowest BCUT2D eigenvalue weighted by molar-refractivity contribution is -0.145. The van der Waals surface area contributed by atoms with Crippen LogP contribution in [-0.2, 0) is 16.0 Å². The summed E-state index contributed by atoms with van der Waals surface area (Å²) in [6.07, 6.45) is 2.42. The molecule has 1 amide bonds. The van der Waals surface area contributed by atoms with Gasteiger partial charge in [-0.15, -0.1) is 0 Å². The van der Waals surface area contributed by atoms with Crippen molar-refractivity contribution in [2.75, 3.05) is 33.8 Å². The van der Waals surface area contributed by atoms with Crippen molar-refractivity contribution in [2.24, 2.45) is 0 Å². The maximum Gasteiger partial charge on any atom is 0.314 e. The normalized spacial score (nSPS) is 16.6. The summed E-state index contributed by atoms with van der Waals surface area (Å²) in [5.74, 6) is -0.809. The highest BCUT2D eigenvalue weighted by molar-refractivity contribution is 8.13. The van der Waals surface area contributed by atoms with Crippen molar-refractivity contribution in [3.8, 4) is 0 Å². The number of ether oxygens (including phenoxy) is 1. The van der Waals surface area contributed by atoms with Gasteiger partial charge in [0, 0.05) is 30.6 Å². The molecule has 0 spiro atoms. The number of rotatable bonds is 5. The number of carbonyl (C=O) groups is 2. The van der Waals surface area contributed by atoms with E-state index in [1.165, 1.54) is 4.90 Å². The Kier molecular flexibility index (Phi) is 8.07. The van der Waals surface area contributed by atoms with Crippen molar-refractivity contribution in [3.63, 3.8) is 0 Å². The lowest BCUT2D eigenvalue weighted by Gasteiger charge is -2.21. The monoisotopic (exact) mass is 418 g/mol. The molecule has 1 unspecified atom stereocenters. The molecule has 0 saturated heterocycles. The molecule has 144 valence electrons. The Bertz CT molecular complexity index is 683. The molecule has 1 aromatic carbocycles. The van der Waals surface area contributed by atoms with E-state index in [9.17, 15) is 9.59 Å². The van der Waals surface area contributed by atoms with Gasteiger partial charge in [-0.1, -0.05) is 36.5 Å². The average Bonchev–Trinajstić information content (AvgIpc) is 2.81. The van der Waals surface area contributed by atoms with Gasteiger partial charge in [0.2, 0.25) is 0 Å². The van der Waals surface area contributed by atoms with E-state index in [-0.39, 0.29) is 11.2 Å². The Hall–Kier alpha value is -0.950. The van der Waals surface area contributed by atoms with Crippen molar-refractivity contribution in [3.05, 3.63) is 27.2 Å². The van der Waals surface area contributed by atoms with Gasteiger partial charge in [0.15, 0.2) is 0 Å². The zero-order chi connectivity index (χ0) is 19.3. The molecule has 1 atom stereocenters. The first kappa shape index (κ1) is 21.4. The van der Waals surface area contributed by atoms with Crippen LogP contribution in [0.25, 0.3) is 0 Å². The third-order valence-electron chi connectivity index (χ3n) is 4.16. The molecule has 1 N–H and O–H groups in total. The van der Waals surface area contributed by atoms with Gasteiger partial charge in [-0.05, 0) is 48.3 Å². The highest BCUT2D eigenvalue weighted by Gasteiger charge is 2.32. The molecule has 0 fully saturated rings. The lowest BCUT2D eigenvalue weighted by atomic mass is 9.93. The van der Waals surface area contributed by atoms with E-state index < -0.39 is 5.92 Å². The first-order chi connectivity index (χ1) is 12.4. The zero-order valence-corrected chi connectivity index (χ0v) is 17.6. The number of hydrogen-bond donors (Lipinski definition) is 1. The minimum atomic E-state index is -0.511. The highest BCUT2D eigenvalue weighted by Crippen LogP contribution is 2.42. The summed E-state index contributed by atoms with van der Waals surface area (Å²) in [6.45, 7) is 3.56. The van der Waals surface area contributed by atoms with Gasteiger partial charge in [0.1, 0.15) is 0 Å². The number of carbonyl (C=O) groups excluding carboxylic acids is 2. The van der Waals surface area contributed by atoms with Crippen LogP contribution in [0.3, 0.4) is 0 Å². The predicted molar refractivity (Wildman–Crippen MR) is 107 cm³/mol. The van der Waals surface area contributed by atoms with E-state index in [2.05, 4.69) is 5.32 Å². The van der Waals surface area contributed by atoms with Crippen LogP contribution in [0, 0.1) is 0 Å². The first-order valence-electron chi connectivity index (χ1n) is 8.64. The number of benzene rings is 1. The van der Waals surface area contributed by atoms with Gasteiger partial charge in [-0.2, -0.15) is 0 Å². The fraction of sp³-hybridized carbons (Fsp3) is 0.556. The number of esters is 1. The quantitative estimate of drug-likeness (QED) is 0.437. The van der Waals surface area contributed by atoms with Crippen LogP contribution in [0.1, 0.15) is 36.8 Å². The molecule has 0 saturated carbocycles. The fourth-order valence-corrected chi connectivity index (χ4v) is 4.36. The molecule has 0 aromatic heterocycles. The second-order valence-corrected chi connectivity index (χ2v) is 8.13. The molecule has 5 nitrogen and oxygen atoms in total. The van der Waals surface area contributed by atoms with E-state index in [1.807, 2.05) is 6.92 Å². The smallest absolute Gasteiger partial charge is 0.314 e. The van der Waals surface area contributed by atoms with Gasteiger partial charge in [0.25, 0.3) is 5.24 Å². The van der Waals surface area contributed by atoms with Gasteiger partial charge in [-0.3, -0.25) is 9.59 Å². The zero-order valence-electron chi connectivity index (χ0n) is 15.2. The number of thioether (sulfide) groups is 1. The summed E-state index contributed by atoms with van der Waals surface area (Å²) in [5.41, 5.74) is 1.57. The van der Waals surface area contributed by atoms with E-state index >= 15 is 0 Å². The van der Waals surface area contributed by atoms with Gasteiger partial charge in [-0.25, -0.2) is 0 Å². The summed E-state index contributed by atoms with van der Waals surface area (Å²) in [7, 11) is 3.38. The Morgan fingerprint density at radius 2 is 2.08 bits per heavy atom. The van der Waals surface area contributed by atoms with Gasteiger partial charge >= 0.3 is 5.97 Å². The fourth-order valence-electron chi connectivity index (χ4n) is 2.76. The lowest BCUT2D eigenvalue weighted by Crippen LogP contribution is -2.27. The molecule has 2 rings (SSSR count). The van der Waals surface area contributed by atoms with Crippen LogP contribution in [0.15, 0.2) is 11.0 Å². The number of fused-ring (bicyclic) bond motifs is 1. The average molecular weight is 419 g/mol. The van der Waals surface area contributed by atoms with Crippen molar-refractivity contribution >= 4 is 46.2 Å². The highest BCUT2D eigenvalue weighted by atomic mass is 35.5. The topological polar surface area (TPSA) is 58.6 Å². The van der Waals surface area contributed by atoms with Crippen molar-refractivity contribution in [2.45, 2.75) is 37.0 Å². The maximum absolute atomic E-state index is 12.6. The molecular formula is C18H24Cl2N2O3S. The maximum atomic E-state index is 12.6. The molecular weight excluding hydrogens is 395 g/mol. The Balaban J connectivity index is 2.42. The first-order valence-corrected chi connectivity index (χ1v) is 10.2. The van der Waals surface area contributed by atoms with Crippen LogP contribution in [0.4, 0.5) is 4.79 Å². The minimum Gasteiger partial charge on any atom is -0.465 e. The molecule has 1 heterocycles. The largest absolute Gasteiger partial charge is 0.465 e. The van der Waals surface area contributed by atoms with E-state index in [1.54, 1.807) is 20.2 Å². The molecule has 0 bridgehead atoms. The summed E-state index contributed by atoms with van der Waals surface area (Å²) in [4.78, 5) is 27.0. The summed E-state index contributed by atoms with van der Waals surface area (Å²) in [5, 5.41) is 3.99. The van der Waals surface area contributed by atoms with Crippen molar-refractivity contribution < 1.29 is 14.3 Å². The van der Waals surface area contributed by atoms with Gasteiger partial charge in [0.05, 0.1) is 17.5 Å². The van der Waals surface area contributed by atoms with Crippen LogP contribution >= 0.6 is 35.0 Å². The number of hydrogen-bond acceptors (Lipinski definition) is 5. The Labute approximate surface area is 168 Å². The van der Waals surface area contributed by atoms with Crippen molar-refractivity contribution in [1.29, 1.82) is 0 Å². The molecule has 0 radical (unpaired) electrons. The Morgan fingerprint density at radius 3 is 2.73 bits per heavy atom. The molecule has 1 aliphatic rings. The standard InChI is InChI=1S/C18H24Cl2N2O3S/c1-4-5-8-25-17(23)12-10-21-7-6-11-15(12)13(19)9-14(20)16(11)26-18(24)22(2)3/h9,12,21H,4-8,10H2,1-3H3. The van der Waals surface area contributed by atoms with Crippen LogP contribution in [0.2, 0.25) is 10.0 Å². The number of halogens is 2. The third kappa shape index (κ3) is 5.06.